The number of hydrogen-bond acceptors (Lipinski definition) is 4. The van der Waals surface area contributed by atoms with E-state index in [9.17, 15) is 9.59 Å². The fourth-order valence-corrected chi connectivity index (χ4v) is 1.64. The molecule has 6 heteroatoms. The molecule has 0 spiro atoms. The van der Waals surface area contributed by atoms with Crippen molar-refractivity contribution in [3.63, 3.8) is 0 Å². The Kier molecular flexibility index (Phi) is 7.67. The van der Waals surface area contributed by atoms with Crippen molar-refractivity contribution in [1.82, 2.24) is 10.7 Å². The lowest BCUT2D eigenvalue weighted by molar-refractivity contribution is -0.123. The number of carbonyl (C=O) groups is 2. The van der Waals surface area contributed by atoms with E-state index in [1.165, 1.54) is 0 Å². The Bertz CT molecular complexity index is 541. The van der Waals surface area contributed by atoms with Crippen LogP contribution in [-0.2, 0) is 9.59 Å². The van der Waals surface area contributed by atoms with Crippen molar-refractivity contribution in [1.29, 1.82) is 0 Å². The molecular weight excluding hydrogens is 282 g/mol. The molecular formula is C16H23N3O3. The fraction of sp³-hybridized carbons (Fsp3) is 0.438. The third-order valence-electron chi connectivity index (χ3n) is 2.72. The van der Waals surface area contributed by atoms with Crippen LogP contribution in [0.3, 0.4) is 0 Å². The number of nitrogens with one attached hydrogen (secondary N) is 2. The summed E-state index contributed by atoms with van der Waals surface area (Å²) in [5.41, 5.74) is 3.97. The fourth-order valence-electron chi connectivity index (χ4n) is 1.64. The molecule has 1 aromatic rings. The van der Waals surface area contributed by atoms with Crippen molar-refractivity contribution in [2.24, 2.45) is 5.10 Å². The molecule has 0 saturated carbocycles. The average molecular weight is 305 g/mol. The molecule has 1 aromatic carbocycles. The number of nitrogens with zero attached hydrogens (tertiary/aromatic N) is 1. The Labute approximate surface area is 130 Å². The van der Waals surface area contributed by atoms with Gasteiger partial charge in [-0.25, -0.2) is 5.43 Å². The molecule has 0 fully saturated rings. The van der Waals surface area contributed by atoms with E-state index in [4.69, 9.17) is 4.74 Å². The van der Waals surface area contributed by atoms with E-state index in [0.717, 1.165) is 12.0 Å². The van der Waals surface area contributed by atoms with Crippen LogP contribution in [0.15, 0.2) is 29.4 Å². The molecule has 0 aliphatic rings. The molecule has 0 radical (unpaired) electrons. The lowest BCUT2D eigenvalue weighted by Crippen LogP contribution is -2.28. The lowest BCUT2D eigenvalue weighted by atomic mass is 10.2. The van der Waals surface area contributed by atoms with Crippen LogP contribution >= 0.6 is 0 Å². The van der Waals surface area contributed by atoms with E-state index >= 15 is 0 Å². The standard InChI is InChI=1S/C16H23N3O3/c1-4-8-17-15(20)10-13(3)18-19-16(21)11-22-14-7-5-6-12(2)9-14/h5-7,9H,4,8,10-11H2,1-3H3,(H,17,20)(H,19,21). The molecule has 0 heterocycles. The molecule has 22 heavy (non-hydrogen) atoms. The molecule has 6 nitrogen and oxygen atoms in total. The summed E-state index contributed by atoms with van der Waals surface area (Å²) >= 11 is 0. The van der Waals surface area contributed by atoms with Crippen LogP contribution in [0.1, 0.15) is 32.3 Å². The quantitative estimate of drug-likeness (QED) is 0.567. The van der Waals surface area contributed by atoms with Crippen LogP contribution in [0, 0.1) is 6.92 Å². The zero-order valence-electron chi connectivity index (χ0n) is 13.3. The highest BCUT2D eigenvalue weighted by Crippen LogP contribution is 2.11. The van der Waals surface area contributed by atoms with Crippen LogP contribution < -0.4 is 15.5 Å². The predicted molar refractivity (Wildman–Crippen MR) is 85.8 cm³/mol. The summed E-state index contributed by atoms with van der Waals surface area (Å²) in [6.07, 6.45) is 1.05. The van der Waals surface area contributed by atoms with Gasteiger partial charge in [0.05, 0.1) is 6.42 Å². The number of hydrogen-bond donors (Lipinski definition) is 2. The van der Waals surface area contributed by atoms with Gasteiger partial charge in [-0.3, -0.25) is 9.59 Å². The second kappa shape index (κ2) is 9.55. The van der Waals surface area contributed by atoms with Gasteiger partial charge in [-0.2, -0.15) is 5.10 Å². The average Bonchev–Trinajstić information content (AvgIpc) is 2.49. The van der Waals surface area contributed by atoms with Crippen LogP contribution in [-0.4, -0.2) is 30.7 Å². The van der Waals surface area contributed by atoms with E-state index in [2.05, 4.69) is 15.8 Å². The molecule has 0 atom stereocenters. The molecule has 0 aliphatic heterocycles. The van der Waals surface area contributed by atoms with Crippen LogP contribution in [0.2, 0.25) is 0 Å². The number of aryl methyl sites for hydroxylation is 1. The molecule has 0 aromatic heterocycles. The van der Waals surface area contributed by atoms with E-state index in [1.54, 1.807) is 13.0 Å². The number of ether oxygens (including phenoxy) is 1. The minimum Gasteiger partial charge on any atom is -0.484 e. The van der Waals surface area contributed by atoms with Crippen molar-refractivity contribution >= 4 is 17.5 Å². The smallest absolute Gasteiger partial charge is 0.277 e. The highest BCUT2D eigenvalue weighted by Gasteiger charge is 2.05. The maximum absolute atomic E-state index is 11.6. The lowest BCUT2D eigenvalue weighted by Gasteiger charge is -2.06. The van der Waals surface area contributed by atoms with Crippen molar-refractivity contribution in [2.75, 3.05) is 13.2 Å². The number of hydrazone groups is 1. The maximum atomic E-state index is 11.6. The summed E-state index contributed by atoms with van der Waals surface area (Å²) in [6.45, 7) is 6.14. The number of benzene rings is 1. The monoisotopic (exact) mass is 305 g/mol. The van der Waals surface area contributed by atoms with Gasteiger partial charge >= 0.3 is 0 Å². The first-order valence-corrected chi connectivity index (χ1v) is 7.29. The van der Waals surface area contributed by atoms with Gasteiger partial charge in [-0.15, -0.1) is 0 Å². The molecule has 0 saturated heterocycles. The first-order chi connectivity index (χ1) is 10.5. The Morgan fingerprint density at radius 1 is 1.27 bits per heavy atom. The molecule has 0 unspecified atom stereocenters. The largest absolute Gasteiger partial charge is 0.484 e. The summed E-state index contributed by atoms with van der Waals surface area (Å²) < 4.78 is 5.35. The topological polar surface area (TPSA) is 79.8 Å². The van der Waals surface area contributed by atoms with Gasteiger partial charge in [0.15, 0.2) is 6.61 Å². The van der Waals surface area contributed by atoms with Gasteiger partial charge in [0.25, 0.3) is 5.91 Å². The van der Waals surface area contributed by atoms with Gasteiger partial charge in [0.1, 0.15) is 5.75 Å². The van der Waals surface area contributed by atoms with Gasteiger partial charge < -0.3 is 10.1 Å². The second-order valence-electron chi connectivity index (χ2n) is 5.01. The van der Waals surface area contributed by atoms with E-state index < -0.39 is 0 Å². The van der Waals surface area contributed by atoms with Crippen LogP contribution in [0.4, 0.5) is 0 Å². The number of rotatable bonds is 8. The van der Waals surface area contributed by atoms with Gasteiger partial charge in [-0.05, 0) is 38.0 Å². The minimum atomic E-state index is -0.366. The Balaban J connectivity index is 2.32. The predicted octanol–water partition coefficient (Wildman–Crippen LogP) is 1.78. The first kappa shape index (κ1) is 17.7. The normalized spacial score (nSPS) is 11.0. The van der Waals surface area contributed by atoms with Gasteiger partial charge in [-0.1, -0.05) is 19.1 Å². The van der Waals surface area contributed by atoms with Crippen molar-refractivity contribution in [3.8, 4) is 5.75 Å². The maximum Gasteiger partial charge on any atom is 0.277 e. The summed E-state index contributed by atoms with van der Waals surface area (Å²) in [6, 6.07) is 7.44. The second-order valence-corrected chi connectivity index (χ2v) is 5.01. The molecule has 2 amide bonds. The molecule has 0 aliphatic carbocycles. The third kappa shape index (κ3) is 7.42. The van der Waals surface area contributed by atoms with Crippen LogP contribution in [0.25, 0.3) is 0 Å². The Hall–Kier alpha value is -2.37. The summed E-state index contributed by atoms with van der Waals surface area (Å²) in [7, 11) is 0. The van der Waals surface area contributed by atoms with Gasteiger partial charge in [0.2, 0.25) is 5.91 Å². The number of carbonyl (C=O) groups excluding carboxylic acids is 2. The SMILES string of the molecule is CCCNC(=O)CC(C)=NNC(=O)COc1cccc(C)c1. The van der Waals surface area contributed by atoms with E-state index in [1.807, 2.05) is 32.0 Å². The van der Waals surface area contributed by atoms with Gasteiger partial charge in [0, 0.05) is 12.3 Å². The molecule has 0 bridgehead atoms. The Morgan fingerprint density at radius 3 is 2.73 bits per heavy atom. The van der Waals surface area contributed by atoms with Crippen molar-refractivity contribution in [3.05, 3.63) is 29.8 Å². The zero-order chi connectivity index (χ0) is 16.4. The van der Waals surface area contributed by atoms with Crippen molar-refractivity contribution < 1.29 is 14.3 Å². The van der Waals surface area contributed by atoms with Crippen LogP contribution in [0.5, 0.6) is 5.75 Å². The zero-order valence-corrected chi connectivity index (χ0v) is 13.3. The molecule has 1 rings (SSSR count). The third-order valence-corrected chi connectivity index (χ3v) is 2.72. The summed E-state index contributed by atoms with van der Waals surface area (Å²) in [5, 5.41) is 6.62. The Morgan fingerprint density at radius 2 is 2.05 bits per heavy atom. The summed E-state index contributed by atoms with van der Waals surface area (Å²) in [4.78, 5) is 23.1. The van der Waals surface area contributed by atoms with Crippen molar-refractivity contribution in [2.45, 2.75) is 33.6 Å². The highest BCUT2D eigenvalue weighted by molar-refractivity contribution is 6.00. The minimum absolute atomic E-state index is 0.103. The molecule has 2 N–H and O–H groups in total. The molecule has 120 valence electrons. The summed E-state index contributed by atoms with van der Waals surface area (Å²) in [5.74, 6) is 0.165. The van der Waals surface area contributed by atoms with E-state index in [-0.39, 0.29) is 24.8 Å². The number of amides is 2. The van der Waals surface area contributed by atoms with E-state index in [0.29, 0.717) is 18.0 Å². The highest BCUT2D eigenvalue weighted by atomic mass is 16.5. The first-order valence-electron chi connectivity index (χ1n) is 7.29.